The maximum atomic E-state index is 13.0. The van der Waals surface area contributed by atoms with E-state index in [-0.39, 0.29) is 6.04 Å². The molecule has 1 saturated heterocycles. The van der Waals surface area contributed by atoms with Crippen LogP contribution in [0.3, 0.4) is 0 Å². The SMILES string of the molecule is O=S(=O)(NC[C@H](c1ccsc1)N1CCCCCC1)c1ccc2ccccc2c1. The van der Waals surface area contributed by atoms with E-state index in [9.17, 15) is 8.42 Å². The van der Waals surface area contributed by atoms with Crippen molar-refractivity contribution in [2.24, 2.45) is 0 Å². The normalized spacial score (nSPS) is 17.4. The van der Waals surface area contributed by atoms with Crippen LogP contribution in [0, 0.1) is 0 Å². The summed E-state index contributed by atoms with van der Waals surface area (Å²) in [4.78, 5) is 2.77. The molecule has 3 aromatic rings. The first kappa shape index (κ1) is 19.6. The number of benzene rings is 2. The predicted octanol–water partition coefficient (Wildman–Crippen LogP) is 4.80. The second kappa shape index (κ2) is 8.74. The van der Waals surface area contributed by atoms with E-state index in [0.29, 0.717) is 11.4 Å². The second-order valence-corrected chi connectivity index (χ2v) is 9.93. The van der Waals surface area contributed by atoms with E-state index in [0.717, 1.165) is 23.9 Å². The van der Waals surface area contributed by atoms with Crippen molar-refractivity contribution < 1.29 is 8.42 Å². The van der Waals surface area contributed by atoms with Crippen LogP contribution in [-0.4, -0.2) is 33.0 Å². The topological polar surface area (TPSA) is 49.4 Å². The quantitative estimate of drug-likeness (QED) is 0.630. The molecule has 6 heteroatoms. The summed E-state index contributed by atoms with van der Waals surface area (Å²) in [6.45, 7) is 2.45. The maximum absolute atomic E-state index is 13.0. The number of nitrogens with one attached hydrogen (secondary N) is 1. The van der Waals surface area contributed by atoms with Crippen molar-refractivity contribution in [1.82, 2.24) is 9.62 Å². The van der Waals surface area contributed by atoms with Gasteiger partial charge in [-0.2, -0.15) is 11.3 Å². The van der Waals surface area contributed by atoms with Gasteiger partial charge in [0.05, 0.1) is 4.90 Å². The molecule has 0 spiro atoms. The Morgan fingerprint density at radius 3 is 2.43 bits per heavy atom. The van der Waals surface area contributed by atoms with E-state index in [4.69, 9.17) is 0 Å². The summed E-state index contributed by atoms with van der Waals surface area (Å²) in [5.41, 5.74) is 1.20. The smallest absolute Gasteiger partial charge is 0.240 e. The first-order valence-electron chi connectivity index (χ1n) is 9.88. The average molecular weight is 415 g/mol. The van der Waals surface area contributed by atoms with Crippen LogP contribution in [0.2, 0.25) is 0 Å². The molecule has 0 unspecified atom stereocenters. The number of likely N-dealkylation sites (tertiary alicyclic amines) is 1. The van der Waals surface area contributed by atoms with E-state index < -0.39 is 10.0 Å². The van der Waals surface area contributed by atoms with Gasteiger partial charge in [-0.25, -0.2) is 13.1 Å². The highest BCUT2D eigenvalue weighted by Crippen LogP contribution is 2.26. The molecule has 0 radical (unpaired) electrons. The Hall–Kier alpha value is -1.73. The van der Waals surface area contributed by atoms with Gasteiger partial charge < -0.3 is 0 Å². The Balaban J connectivity index is 1.54. The Morgan fingerprint density at radius 2 is 1.71 bits per heavy atom. The standard InChI is InChI=1S/C22H26N2O2S2/c25-28(26,21-10-9-18-7-3-4-8-19(18)15-21)23-16-22(20-11-14-27-17-20)24-12-5-1-2-6-13-24/h3-4,7-11,14-15,17,22-23H,1-2,5-6,12-13,16H2/t22-/m1/s1. The van der Waals surface area contributed by atoms with Gasteiger partial charge in [0.15, 0.2) is 0 Å². The van der Waals surface area contributed by atoms with Crippen LogP contribution >= 0.6 is 11.3 Å². The minimum Gasteiger partial charge on any atom is -0.295 e. The largest absolute Gasteiger partial charge is 0.295 e. The molecule has 148 valence electrons. The third-order valence-electron chi connectivity index (χ3n) is 5.51. The number of fused-ring (bicyclic) bond motifs is 1. The van der Waals surface area contributed by atoms with Crippen LogP contribution < -0.4 is 4.72 Å². The van der Waals surface area contributed by atoms with Gasteiger partial charge in [0, 0.05) is 12.6 Å². The van der Waals surface area contributed by atoms with Crippen LogP contribution in [0.15, 0.2) is 64.2 Å². The third kappa shape index (κ3) is 4.46. The van der Waals surface area contributed by atoms with Gasteiger partial charge in [0.2, 0.25) is 10.0 Å². The average Bonchev–Trinajstić information content (AvgIpc) is 3.10. The summed E-state index contributed by atoms with van der Waals surface area (Å²) in [5, 5.41) is 6.19. The predicted molar refractivity (Wildman–Crippen MR) is 116 cm³/mol. The maximum Gasteiger partial charge on any atom is 0.240 e. The van der Waals surface area contributed by atoms with Crippen molar-refractivity contribution in [1.29, 1.82) is 0 Å². The fourth-order valence-corrected chi connectivity index (χ4v) is 5.72. The van der Waals surface area contributed by atoms with Crippen molar-refractivity contribution in [3.8, 4) is 0 Å². The van der Waals surface area contributed by atoms with Crippen LogP contribution in [0.1, 0.15) is 37.3 Å². The molecule has 4 rings (SSSR count). The minimum absolute atomic E-state index is 0.0829. The molecule has 28 heavy (non-hydrogen) atoms. The Bertz CT molecular complexity index is 1010. The number of sulfonamides is 1. The fourth-order valence-electron chi connectivity index (χ4n) is 3.94. The minimum atomic E-state index is -3.56. The Kier molecular flexibility index (Phi) is 6.11. The van der Waals surface area contributed by atoms with Gasteiger partial charge in [-0.3, -0.25) is 4.90 Å². The van der Waals surface area contributed by atoms with Crippen LogP contribution in [0.4, 0.5) is 0 Å². The van der Waals surface area contributed by atoms with Gasteiger partial charge >= 0.3 is 0 Å². The summed E-state index contributed by atoms with van der Waals surface area (Å²) < 4.78 is 28.8. The lowest BCUT2D eigenvalue weighted by Gasteiger charge is -2.30. The number of hydrogen-bond donors (Lipinski definition) is 1. The van der Waals surface area contributed by atoms with Crippen LogP contribution in [0.5, 0.6) is 0 Å². The summed E-state index contributed by atoms with van der Waals surface area (Å²) in [5.74, 6) is 0. The molecule has 1 aliphatic rings. The molecule has 2 heterocycles. The van der Waals surface area contributed by atoms with E-state index in [1.54, 1.807) is 23.5 Å². The lowest BCUT2D eigenvalue weighted by Crippen LogP contribution is -2.38. The first-order chi connectivity index (χ1) is 13.6. The van der Waals surface area contributed by atoms with Crippen molar-refractivity contribution >= 4 is 32.1 Å². The summed E-state index contributed by atoms with van der Waals surface area (Å²) in [7, 11) is -3.56. The number of nitrogens with zero attached hydrogens (tertiary/aromatic N) is 1. The molecule has 2 aromatic carbocycles. The van der Waals surface area contributed by atoms with E-state index in [1.165, 1.54) is 31.2 Å². The lowest BCUT2D eigenvalue weighted by atomic mass is 10.1. The summed E-state index contributed by atoms with van der Waals surface area (Å²) in [6.07, 6.45) is 4.88. The van der Waals surface area contributed by atoms with Crippen LogP contribution in [-0.2, 0) is 10.0 Å². The van der Waals surface area contributed by atoms with Crippen molar-refractivity contribution in [3.05, 3.63) is 64.9 Å². The Morgan fingerprint density at radius 1 is 0.964 bits per heavy atom. The van der Waals surface area contributed by atoms with Gasteiger partial charge in [0.25, 0.3) is 0 Å². The number of thiophene rings is 1. The number of rotatable bonds is 6. The van der Waals surface area contributed by atoms with E-state index in [2.05, 4.69) is 26.4 Å². The van der Waals surface area contributed by atoms with Gasteiger partial charge in [-0.05, 0) is 71.2 Å². The van der Waals surface area contributed by atoms with Crippen LogP contribution in [0.25, 0.3) is 10.8 Å². The first-order valence-corrected chi connectivity index (χ1v) is 12.3. The molecule has 0 amide bonds. The molecule has 0 saturated carbocycles. The summed E-state index contributed by atoms with van der Waals surface area (Å²) in [6, 6.07) is 15.3. The highest BCUT2D eigenvalue weighted by Gasteiger charge is 2.24. The van der Waals surface area contributed by atoms with E-state index >= 15 is 0 Å². The zero-order valence-corrected chi connectivity index (χ0v) is 17.5. The molecule has 1 aromatic heterocycles. The number of hydrogen-bond acceptors (Lipinski definition) is 4. The molecular weight excluding hydrogens is 388 g/mol. The van der Waals surface area contributed by atoms with Gasteiger partial charge in [0.1, 0.15) is 0 Å². The molecule has 0 bridgehead atoms. The van der Waals surface area contributed by atoms with Crippen molar-refractivity contribution in [2.45, 2.75) is 36.6 Å². The lowest BCUT2D eigenvalue weighted by molar-refractivity contribution is 0.206. The zero-order valence-electron chi connectivity index (χ0n) is 15.9. The third-order valence-corrected chi connectivity index (χ3v) is 7.63. The molecule has 1 atom stereocenters. The molecule has 0 aliphatic carbocycles. The van der Waals surface area contributed by atoms with Crippen molar-refractivity contribution in [3.63, 3.8) is 0 Å². The molecular formula is C22H26N2O2S2. The zero-order chi connectivity index (χ0) is 19.4. The molecule has 1 aliphatic heterocycles. The van der Waals surface area contributed by atoms with Gasteiger partial charge in [-0.15, -0.1) is 0 Å². The van der Waals surface area contributed by atoms with Gasteiger partial charge in [-0.1, -0.05) is 43.2 Å². The second-order valence-electron chi connectivity index (χ2n) is 7.38. The molecule has 4 nitrogen and oxygen atoms in total. The highest BCUT2D eigenvalue weighted by atomic mass is 32.2. The van der Waals surface area contributed by atoms with E-state index in [1.807, 2.05) is 30.3 Å². The summed E-state index contributed by atoms with van der Waals surface area (Å²) >= 11 is 1.66. The molecule has 1 N–H and O–H groups in total. The monoisotopic (exact) mass is 414 g/mol. The molecule has 1 fully saturated rings. The fraction of sp³-hybridized carbons (Fsp3) is 0.364. The Labute approximate surface area is 171 Å². The van der Waals surface area contributed by atoms with Crippen molar-refractivity contribution in [2.75, 3.05) is 19.6 Å². The highest BCUT2D eigenvalue weighted by molar-refractivity contribution is 7.89.